The topological polar surface area (TPSA) is 122 Å². The third kappa shape index (κ3) is 4.40. The molecule has 1 amide bonds. The number of nitrogens with two attached hydrogens (primary N) is 1. The number of nitrogen functional groups attached to an aromatic ring is 1. The van der Waals surface area contributed by atoms with E-state index in [2.05, 4.69) is 5.43 Å². The van der Waals surface area contributed by atoms with Crippen LogP contribution in [0.2, 0.25) is 0 Å². The predicted octanol–water partition coefficient (Wildman–Crippen LogP) is 1.12. The van der Waals surface area contributed by atoms with E-state index in [0.29, 0.717) is 13.0 Å². The van der Waals surface area contributed by atoms with E-state index >= 15 is 0 Å². The molecule has 0 bridgehead atoms. The number of hydrogen-bond donors (Lipinski definition) is 3. The van der Waals surface area contributed by atoms with Crippen LogP contribution in [0.3, 0.4) is 0 Å². The Labute approximate surface area is 122 Å². The molecular formula is C13H20N4O4. The number of nitrogens with one attached hydrogen (secondary N) is 1. The van der Waals surface area contributed by atoms with Gasteiger partial charge in [-0.15, -0.1) is 0 Å². The average molecular weight is 296 g/mol. The van der Waals surface area contributed by atoms with Crippen molar-refractivity contribution in [3.05, 3.63) is 33.9 Å². The second-order valence-electron chi connectivity index (χ2n) is 4.61. The summed E-state index contributed by atoms with van der Waals surface area (Å²) >= 11 is 0. The maximum Gasteiger partial charge on any atom is 0.306 e. The quantitative estimate of drug-likeness (QED) is 0.286. The molecule has 0 saturated heterocycles. The molecule has 1 aromatic carbocycles. The van der Waals surface area contributed by atoms with Crippen molar-refractivity contribution < 1.29 is 14.8 Å². The standard InChI is InChI=1S/C13H20N4O4/c1-16(8-3-2-4-9-18)13(19)10-6-5-7-11(15-14)12(10)17(20)21/h5-7,15,18H,2-4,8-9,14H2,1H3. The molecule has 0 spiro atoms. The summed E-state index contributed by atoms with van der Waals surface area (Å²) in [6.07, 6.45) is 2.20. The first-order valence-electron chi connectivity index (χ1n) is 6.63. The van der Waals surface area contributed by atoms with E-state index in [-0.39, 0.29) is 23.5 Å². The molecule has 0 fully saturated rings. The molecule has 21 heavy (non-hydrogen) atoms. The van der Waals surface area contributed by atoms with Crippen LogP contribution in [0.25, 0.3) is 0 Å². The molecule has 0 aliphatic rings. The minimum atomic E-state index is -0.623. The van der Waals surface area contributed by atoms with Crippen molar-refractivity contribution in [2.75, 3.05) is 25.6 Å². The van der Waals surface area contributed by atoms with Gasteiger partial charge in [0.25, 0.3) is 5.91 Å². The number of nitro benzene ring substituents is 1. The SMILES string of the molecule is CN(CCCCCO)C(=O)c1cccc(NN)c1[N+](=O)[O-]. The zero-order valence-corrected chi connectivity index (χ0v) is 11.9. The highest BCUT2D eigenvalue weighted by Crippen LogP contribution is 2.28. The van der Waals surface area contributed by atoms with Crippen LogP contribution < -0.4 is 11.3 Å². The molecule has 0 unspecified atom stereocenters. The Balaban J connectivity index is 2.89. The second kappa shape index (κ2) is 8.18. The third-order valence-electron chi connectivity index (χ3n) is 3.10. The van der Waals surface area contributed by atoms with Crippen molar-refractivity contribution in [2.45, 2.75) is 19.3 Å². The first-order chi connectivity index (χ1) is 10.0. The molecule has 0 aromatic heterocycles. The number of hydrazine groups is 1. The molecule has 8 heteroatoms. The first-order valence-corrected chi connectivity index (χ1v) is 6.63. The maximum atomic E-state index is 12.3. The lowest BCUT2D eigenvalue weighted by molar-refractivity contribution is -0.384. The molecule has 116 valence electrons. The molecule has 0 saturated carbocycles. The molecule has 0 aliphatic carbocycles. The monoisotopic (exact) mass is 296 g/mol. The zero-order valence-electron chi connectivity index (χ0n) is 11.9. The largest absolute Gasteiger partial charge is 0.396 e. The van der Waals surface area contributed by atoms with E-state index in [1.54, 1.807) is 7.05 Å². The number of benzene rings is 1. The Morgan fingerprint density at radius 1 is 1.43 bits per heavy atom. The van der Waals surface area contributed by atoms with Gasteiger partial charge in [0.1, 0.15) is 11.3 Å². The van der Waals surface area contributed by atoms with Gasteiger partial charge in [-0.2, -0.15) is 0 Å². The molecule has 1 rings (SSSR count). The fourth-order valence-electron chi connectivity index (χ4n) is 1.97. The van der Waals surface area contributed by atoms with E-state index in [9.17, 15) is 14.9 Å². The van der Waals surface area contributed by atoms with Gasteiger partial charge in [0.2, 0.25) is 0 Å². The van der Waals surface area contributed by atoms with Gasteiger partial charge in [-0.1, -0.05) is 6.07 Å². The Morgan fingerprint density at radius 2 is 2.14 bits per heavy atom. The summed E-state index contributed by atoms with van der Waals surface area (Å²) in [5.74, 6) is 4.82. The molecule has 0 heterocycles. The van der Waals surface area contributed by atoms with Gasteiger partial charge in [-0.3, -0.25) is 20.8 Å². The number of aliphatic hydroxyl groups excluding tert-OH is 1. The molecule has 4 N–H and O–H groups in total. The summed E-state index contributed by atoms with van der Waals surface area (Å²) in [6, 6.07) is 4.39. The lowest BCUT2D eigenvalue weighted by Gasteiger charge is -2.17. The van der Waals surface area contributed by atoms with Crippen molar-refractivity contribution in [3.63, 3.8) is 0 Å². The van der Waals surface area contributed by atoms with E-state index in [1.807, 2.05) is 0 Å². The van der Waals surface area contributed by atoms with Crippen LogP contribution >= 0.6 is 0 Å². The summed E-state index contributed by atoms with van der Waals surface area (Å²) in [6.45, 7) is 0.587. The van der Waals surface area contributed by atoms with Crippen LogP contribution in [0.1, 0.15) is 29.6 Å². The highest BCUT2D eigenvalue weighted by atomic mass is 16.6. The van der Waals surface area contributed by atoms with Crippen molar-refractivity contribution in [2.24, 2.45) is 5.84 Å². The number of aliphatic hydroxyl groups is 1. The van der Waals surface area contributed by atoms with Gasteiger partial charge in [-0.25, -0.2) is 0 Å². The van der Waals surface area contributed by atoms with Crippen LogP contribution in [0, 0.1) is 10.1 Å². The molecule has 1 aromatic rings. The van der Waals surface area contributed by atoms with Crippen LogP contribution in [0.15, 0.2) is 18.2 Å². The zero-order chi connectivity index (χ0) is 15.8. The predicted molar refractivity (Wildman–Crippen MR) is 78.8 cm³/mol. The third-order valence-corrected chi connectivity index (χ3v) is 3.10. The van der Waals surface area contributed by atoms with Gasteiger partial charge in [0.15, 0.2) is 0 Å². The molecular weight excluding hydrogens is 276 g/mol. The van der Waals surface area contributed by atoms with Gasteiger partial charge in [-0.05, 0) is 31.4 Å². The number of carbonyl (C=O) groups is 1. The molecule has 0 radical (unpaired) electrons. The number of hydrogen-bond acceptors (Lipinski definition) is 6. The number of para-hydroxylation sites is 1. The van der Waals surface area contributed by atoms with E-state index in [1.165, 1.54) is 23.1 Å². The Kier molecular flexibility index (Phi) is 6.57. The Morgan fingerprint density at radius 3 is 2.71 bits per heavy atom. The lowest BCUT2D eigenvalue weighted by atomic mass is 10.1. The number of carbonyl (C=O) groups excluding carboxylic acids is 1. The van der Waals surface area contributed by atoms with Crippen LogP contribution in [0.5, 0.6) is 0 Å². The van der Waals surface area contributed by atoms with Crippen molar-refractivity contribution >= 4 is 17.3 Å². The van der Waals surface area contributed by atoms with Crippen LogP contribution in [-0.4, -0.2) is 41.0 Å². The normalized spacial score (nSPS) is 10.2. The number of amides is 1. The van der Waals surface area contributed by atoms with E-state index < -0.39 is 10.8 Å². The number of anilines is 1. The molecule has 0 aliphatic heterocycles. The molecule has 8 nitrogen and oxygen atoms in total. The average Bonchev–Trinajstić information content (AvgIpc) is 2.49. The lowest BCUT2D eigenvalue weighted by Crippen LogP contribution is -2.28. The Bertz CT molecular complexity index is 507. The number of unbranched alkanes of at least 4 members (excludes halogenated alkanes) is 2. The summed E-state index contributed by atoms with van der Waals surface area (Å²) in [4.78, 5) is 24.3. The first kappa shape index (κ1) is 16.9. The minimum absolute atomic E-state index is 0.000100. The minimum Gasteiger partial charge on any atom is -0.396 e. The highest BCUT2D eigenvalue weighted by molar-refractivity contribution is 6.00. The van der Waals surface area contributed by atoms with Gasteiger partial charge in [0.05, 0.1) is 4.92 Å². The summed E-state index contributed by atoms with van der Waals surface area (Å²) in [7, 11) is 1.59. The Hall–Kier alpha value is -2.19. The van der Waals surface area contributed by atoms with Gasteiger partial charge < -0.3 is 15.4 Å². The second-order valence-corrected chi connectivity index (χ2v) is 4.61. The summed E-state index contributed by atoms with van der Waals surface area (Å²) < 4.78 is 0. The number of nitrogens with zero attached hydrogens (tertiary/aromatic N) is 2. The van der Waals surface area contributed by atoms with Crippen LogP contribution in [0.4, 0.5) is 11.4 Å². The van der Waals surface area contributed by atoms with Crippen molar-refractivity contribution in [1.29, 1.82) is 0 Å². The summed E-state index contributed by atoms with van der Waals surface area (Å²) in [5, 5.41) is 19.8. The van der Waals surface area contributed by atoms with Crippen LogP contribution in [-0.2, 0) is 0 Å². The highest BCUT2D eigenvalue weighted by Gasteiger charge is 2.26. The fourth-order valence-corrected chi connectivity index (χ4v) is 1.97. The molecule has 0 atom stereocenters. The number of rotatable bonds is 8. The fraction of sp³-hybridized carbons (Fsp3) is 0.462. The van der Waals surface area contributed by atoms with Crippen molar-refractivity contribution in [1.82, 2.24) is 4.90 Å². The smallest absolute Gasteiger partial charge is 0.306 e. The van der Waals surface area contributed by atoms with E-state index in [0.717, 1.165) is 12.8 Å². The maximum absolute atomic E-state index is 12.3. The number of nitro groups is 1. The summed E-state index contributed by atoms with van der Waals surface area (Å²) in [5.41, 5.74) is 2.00. The van der Waals surface area contributed by atoms with Gasteiger partial charge in [0, 0.05) is 20.2 Å². The van der Waals surface area contributed by atoms with E-state index in [4.69, 9.17) is 10.9 Å². The van der Waals surface area contributed by atoms with Gasteiger partial charge >= 0.3 is 5.69 Å². The van der Waals surface area contributed by atoms with Crippen molar-refractivity contribution in [3.8, 4) is 0 Å².